The van der Waals surface area contributed by atoms with Gasteiger partial charge in [0, 0.05) is 32.2 Å². The highest BCUT2D eigenvalue weighted by Crippen LogP contribution is 2.23. The molecular weight excluding hydrogens is 326 g/mol. The van der Waals surface area contributed by atoms with Gasteiger partial charge in [0.1, 0.15) is 5.75 Å². The standard InChI is InChI=1S/C18H24ClN3O2/c1-21-17(16(19)11-20-21)12-22-9-7-15(8-10-22)24-13-14-5-3-4-6-18(14)23-2/h3-6,11,15H,7-10,12-13H2,1-2H3. The summed E-state index contributed by atoms with van der Waals surface area (Å²) in [5.74, 6) is 0.890. The van der Waals surface area contributed by atoms with Gasteiger partial charge >= 0.3 is 0 Å². The van der Waals surface area contributed by atoms with Crippen LogP contribution in [0.5, 0.6) is 5.75 Å². The number of aryl methyl sites for hydroxylation is 1. The average molecular weight is 350 g/mol. The Hall–Kier alpha value is -1.56. The third-order valence-electron chi connectivity index (χ3n) is 4.59. The number of ether oxygens (including phenoxy) is 2. The molecule has 5 nitrogen and oxygen atoms in total. The van der Waals surface area contributed by atoms with E-state index in [9.17, 15) is 0 Å². The molecule has 3 rings (SSSR count). The Morgan fingerprint density at radius 1 is 1.25 bits per heavy atom. The smallest absolute Gasteiger partial charge is 0.124 e. The van der Waals surface area contributed by atoms with Crippen molar-refractivity contribution in [2.45, 2.75) is 32.1 Å². The highest BCUT2D eigenvalue weighted by Gasteiger charge is 2.21. The zero-order valence-corrected chi connectivity index (χ0v) is 15.0. The van der Waals surface area contributed by atoms with Crippen molar-refractivity contribution in [2.24, 2.45) is 7.05 Å². The van der Waals surface area contributed by atoms with Crippen molar-refractivity contribution in [3.63, 3.8) is 0 Å². The molecule has 1 saturated heterocycles. The van der Waals surface area contributed by atoms with E-state index in [0.717, 1.165) is 54.5 Å². The summed E-state index contributed by atoms with van der Waals surface area (Å²) in [5.41, 5.74) is 2.18. The summed E-state index contributed by atoms with van der Waals surface area (Å²) >= 11 is 6.19. The number of hydrogen-bond donors (Lipinski definition) is 0. The number of aromatic nitrogens is 2. The lowest BCUT2D eigenvalue weighted by Gasteiger charge is -2.32. The van der Waals surface area contributed by atoms with E-state index < -0.39 is 0 Å². The molecule has 0 aliphatic carbocycles. The number of para-hydroxylation sites is 1. The Morgan fingerprint density at radius 3 is 2.67 bits per heavy atom. The number of likely N-dealkylation sites (tertiary alicyclic amines) is 1. The second-order valence-corrected chi connectivity index (χ2v) is 6.57. The molecule has 0 N–H and O–H groups in total. The third kappa shape index (κ3) is 4.09. The quantitative estimate of drug-likeness (QED) is 0.802. The first-order valence-corrected chi connectivity index (χ1v) is 8.67. The maximum atomic E-state index is 6.19. The van der Waals surface area contributed by atoms with Crippen LogP contribution in [0.25, 0.3) is 0 Å². The third-order valence-corrected chi connectivity index (χ3v) is 4.90. The van der Waals surface area contributed by atoms with Gasteiger partial charge in [0.05, 0.1) is 36.7 Å². The molecule has 0 saturated carbocycles. The van der Waals surface area contributed by atoms with Crippen molar-refractivity contribution in [2.75, 3.05) is 20.2 Å². The van der Waals surface area contributed by atoms with Gasteiger partial charge in [0.25, 0.3) is 0 Å². The number of hydrogen-bond acceptors (Lipinski definition) is 4. The molecule has 0 atom stereocenters. The number of methoxy groups -OCH3 is 1. The van der Waals surface area contributed by atoms with Crippen molar-refractivity contribution in [3.05, 3.63) is 46.7 Å². The van der Waals surface area contributed by atoms with Gasteiger partial charge in [-0.1, -0.05) is 29.8 Å². The minimum Gasteiger partial charge on any atom is -0.496 e. The first-order valence-electron chi connectivity index (χ1n) is 8.29. The summed E-state index contributed by atoms with van der Waals surface area (Å²) < 4.78 is 13.3. The Labute approximate surface area is 148 Å². The lowest BCUT2D eigenvalue weighted by Crippen LogP contribution is -2.37. The predicted molar refractivity (Wildman–Crippen MR) is 94.3 cm³/mol. The Balaban J connectivity index is 1.47. The van der Waals surface area contributed by atoms with Gasteiger partial charge in [-0.05, 0) is 18.9 Å². The fourth-order valence-corrected chi connectivity index (χ4v) is 3.32. The fourth-order valence-electron chi connectivity index (χ4n) is 3.09. The zero-order valence-electron chi connectivity index (χ0n) is 14.2. The van der Waals surface area contributed by atoms with Gasteiger partial charge in [-0.15, -0.1) is 0 Å². The van der Waals surface area contributed by atoms with E-state index in [2.05, 4.69) is 16.1 Å². The molecule has 130 valence electrons. The van der Waals surface area contributed by atoms with Gasteiger partial charge in [-0.2, -0.15) is 5.10 Å². The highest BCUT2D eigenvalue weighted by atomic mass is 35.5. The molecule has 0 spiro atoms. The molecule has 24 heavy (non-hydrogen) atoms. The van der Waals surface area contributed by atoms with Gasteiger partial charge < -0.3 is 9.47 Å². The van der Waals surface area contributed by atoms with E-state index in [4.69, 9.17) is 21.1 Å². The fraction of sp³-hybridized carbons (Fsp3) is 0.500. The van der Waals surface area contributed by atoms with Crippen LogP contribution in [0.1, 0.15) is 24.1 Å². The first kappa shape index (κ1) is 17.3. The highest BCUT2D eigenvalue weighted by molar-refractivity contribution is 6.31. The van der Waals surface area contributed by atoms with Crippen LogP contribution in [0.4, 0.5) is 0 Å². The van der Waals surface area contributed by atoms with Crippen molar-refractivity contribution in [1.82, 2.24) is 14.7 Å². The molecular formula is C18H24ClN3O2. The van der Waals surface area contributed by atoms with Crippen LogP contribution in [-0.2, 0) is 24.9 Å². The molecule has 1 fully saturated rings. The second kappa shape index (κ2) is 8.01. The minimum absolute atomic E-state index is 0.299. The van der Waals surface area contributed by atoms with Crippen LogP contribution in [0.15, 0.2) is 30.5 Å². The molecule has 1 aliphatic heterocycles. The molecule has 1 aromatic carbocycles. The van der Waals surface area contributed by atoms with Crippen molar-refractivity contribution in [1.29, 1.82) is 0 Å². The maximum absolute atomic E-state index is 6.19. The van der Waals surface area contributed by atoms with Gasteiger partial charge in [0.15, 0.2) is 0 Å². The normalized spacial score (nSPS) is 16.5. The van der Waals surface area contributed by atoms with Crippen molar-refractivity contribution < 1.29 is 9.47 Å². The number of benzene rings is 1. The number of piperidine rings is 1. The Bertz CT molecular complexity index is 647. The lowest BCUT2D eigenvalue weighted by atomic mass is 10.1. The van der Waals surface area contributed by atoms with Crippen molar-refractivity contribution >= 4 is 11.6 Å². The second-order valence-electron chi connectivity index (χ2n) is 6.16. The van der Waals surface area contributed by atoms with Crippen LogP contribution in [-0.4, -0.2) is 41.0 Å². The maximum Gasteiger partial charge on any atom is 0.124 e. The summed E-state index contributed by atoms with van der Waals surface area (Å²) in [6.45, 7) is 3.47. The van der Waals surface area contributed by atoms with Gasteiger partial charge in [-0.3, -0.25) is 9.58 Å². The minimum atomic E-state index is 0.299. The van der Waals surface area contributed by atoms with Gasteiger partial charge in [0.2, 0.25) is 0 Å². The molecule has 1 aliphatic rings. The van der Waals surface area contributed by atoms with Crippen LogP contribution in [0, 0.1) is 0 Å². The summed E-state index contributed by atoms with van der Waals surface area (Å²) in [7, 11) is 3.63. The van der Waals surface area contributed by atoms with E-state index in [1.54, 1.807) is 13.3 Å². The topological polar surface area (TPSA) is 39.5 Å². The average Bonchev–Trinajstić information content (AvgIpc) is 2.93. The van der Waals surface area contributed by atoms with E-state index in [-0.39, 0.29) is 0 Å². The number of halogens is 1. The molecule has 6 heteroatoms. The Morgan fingerprint density at radius 2 is 2.00 bits per heavy atom. The molecule has 0 radical (unpaired) electrons. The monoisotopic (exact) mass is 349 g/mol. The molecule has 2 aromatic rings. The van der Waals surface area contributed by atoms with E-state index in [1.807, 2.05) is 29.9 Å². The zero-order chi connectivity index (χ0) is 16.9. The predicted octanol–water partition coefficient (Wildman–Crippen LogP) is 3.26. The van der Waals surface area contributed by atoms with E-state index in [1.165, 1.54) is 0 Å². The number of nitrogens with zero attached hydrogens (tertiary/aromatic N) is 3. The summed E-state index contributed by atoms with van der Waals surface area (Å²) in [4.78, 5) is 2.41. The van der Waals surface area contributed by atoms with Crippen LogP contribution in [0.2, 0.25) is 5.02 Å². The van der Waals surface area contributed by atoms with Crippen LogP contribution < -0.4 is 4.74 Å². The first-order chi connectivity index (χ1) is 11.7. The van der Waals surface area contributed by atoms with Crippen LogP contribution in [0.3, 0.4) is 0 Å². The lowest BCUT2D eigenvalue weighted by molar-refractivity contribution is -0.00492. The summed E-state index contributed by atoms with van der Waals surface area (Å²) in [5, 5.41) is 4.94. The molecule has 0 bridgehead atoms. The Kier molecular flexibility index (Phi) is 5.76. The van der Waals surface area contributed by atoms with E-state index >= 15 is 0 Å². The largest absolute Gasteiger partial charge is 0.496 e. The summed E-state index contributed by atoms with van der Waals surface area (Å²) in [6.07, 6.45) is 4.07. The molecule has 0 unspecified atom stereocenters. The number of rotatable bonds is 6. The molecule has 2 heterocycles. The summed E-state index contributed by atoms with van der Waals surface area (Å²) in [6, 6.07) is 8.02. The van der Waals surface area contributed by atoms with E-state index in [0.29, 0.717) is 12.7 Å². The SMILES string of the molecule is COc1ccccc1COC1CCN(Cc2c(Cl)cnn2C)CC1. The van der Waals surface area contributed by atoms with Crippen LogP contribution >= 0.6 is 11.6 Å². The van der Waals surface area contributed by atoms with Crippen molar-refractivity contribution in [3.8, 4) is 5.75 Å². The molecule has 1 aromatic heterocycles. The van der Waals surface area contributed by atoms with Gasteiger partial charge in [-0.25, -0.2) is 0 Å². The molecule has 0 amide bonds.